The van der Waals surface area contributed by atoms with Crippen LogP contribution in [-0.2, 0) is 37.7 Å². The maximum atomic E-state index is 15.4. The number of aromatic hydroxyl groups is 1. The average molecular weight is 809 g/mol. The van der Waals surface area contributed by atoms with Gasteiger partial charge in [0.15, 0.2) is 11.6 Å². The van der Waals surface area contributed by atoms with Crippen LogP contribution < -0.4 is 4.74 Å². The molecule has 0 spiro atoms. The van der Waals surface area contributed by atoms with E-state index in [-0.39, 0.29) is 41.6 Å². The number of ether oxygens (including phenoxy) is 1. The van der Waals surface area contributed by atoms with E-state index in [4.69, 9.17) is 4.74 Å². The zero-order valence-electron chi connectivity index (χ0n) is 33.9. The van der Waals surface area contributed by atoms with Gasteiger partial charge in [-0.3, -0.25) is 29.0 Å². The first kappa shape index (κ1) is 38.8. The number of piperidine rings is 1. The van der Waals surface area contributed by atoms with Crippen LogP contribution in [0.15, 0.2) is 157 Å². The Labute approximate surface area is 356 Å². The number of rotatable bonds is 9. The Bertz CT molecular complexity index is 2550. The fourth-order valence-corrected chi connectivity index (χ4v) is 11.4. The summed E-state index contributed by atoms with van der Waals surface area (Å²) >= 11 is 0. The van der Waals surface area contributed by atoms with Crippen molar-refractivity contribution in [1.82, 2.24) is 9.80 Å². The summed E-state index contributed by atoms with van der Waals surface area (Å²) in [6.07, 6.45) is 5.51. The van der Waals surface area contributed by atoms with Crippen LogP contribution in [0.5, 0.6) is 11.5 Å². The fraction of sp³-hybridized carbons (Fsp3) is 0.283. The predicted molar refractivity (Wildman–Crippen MR) is 232 cm³/mol. The number of allylic oxidation sites excluding steroid dienone is 4. The van der Waals surface area contributed by atoms with Gasteiger partial charge in [0.2, 0.25) is 11.8 Å². The maximum Gasteiger partial charge on any atom is 0.233 e. The first-order valence-corrected chi connectivity index (χ1v) is 21.6. The van der Waals surface area contributed by atoms with Crippen LogP contribution in [0, 0.1) is 23.7 Å². The quantitative estimate of drug-likeness (QED) is 0.118. The van der Waals surface area contributed by atoms with E-state index in [1.165, 1.54) is 11.6 Å². The summed E-state index contributed by atoms with van der Waals surface area (Å²) in [5.41, 5.74) is 3.75. The number of phenols is 1. The van der Waals surface area contributed by atoms with Crippen LogP contribution in [-0.4, -0.2) is 57.4 Å². The molecule has 5 aliphatic rings. The fourth-order valence-electron chi connectivity index (χ4n) is 11.4. The van der Waals surface area contributed by atoms with E-state index in [0.717, 1.165) is 30.8 Å². The Kier molecular flexibility index (Phi) is 10.1. The van der Waals surface area contributed by atoms with Crippen molar-refractivity contribution in [2.45, 2.75) is 56.2 Å². The second-order valence-electron chi connectivity index (χ2n) is 17.3. The van der Waals surface area contributed by atoms with Crippen molar-refractivity contribution in [2.75, 3.05) is 13.1 Å². The summed E-state index contributed by atoms with van der Waals surface area (Å²) in [6, 6.07) is 43.8. The summed E-state index contributed by atoms with van der Waals surface area (Å²) in [6.45, 7) is 2.67. The highest BCUT2D eigenvalue weighted by Crippen LogP contribution is 2.64. The lowest BCUT2D eigenvalue weighted by Gasteiger charge is -2.55. The van der Waals surface area contributed by atoms with Crippen LogP contribution in [0.2, 0.25) is 0 Å². The number of hydrogen-bond donors (Lipinski definition) is 1. The molecule has 5 aromatic carbocycles. The number of fused-ring (bicyclic) bond motifs is 4. The number of Topliss-reactive ketones (excluding diaryl/α,β-unsaturated/α-hetero) is 1. The van der Waals surface area contributed by atoms with Gasteiger partial charge in [-0.25, -0.2) is 0 Å². The topological polar surface area (TPSA) is 104 Å². The van der Waals surface area contributed by atoms with Crippen molar-refractivity contribution in [1.29, 1.82) is 0 Å². The van der Waals surface area contributed by atoms with Crippen molar-refractivity contribution in [3.8, 4) is 11.5 Å². The molecular formula is C53H48N2O6. The monoisotopic (exact) mass is 808 g/mol. The molecule has 1 saturated carbocycles. The number of imide groups is 1. The third kappa shape index (κ3) is 6.65. The van der Waals surface area contributed by atoms with Crippen LogP contribution in [0.3, 0.4) is 0 Å². The Hall–Kier alpha value is -6.38. The van der Waals surface area contributed by atoms with Crippen molar-refractivity contribution in [3.63, 3.8) is 0 Å². The number of nitrogens with zero attached hydrogens (tertiary/aromatic N) is 2. The molecule has 2 amide bonds. The molecule has 8 heteroatoms. The molecule has 10 rings (SSSR count). The van der Waals surface area contributed by atoms with Gasteiger partial charge in [-0.05, 0) is 66.0 Å². The number of benzene rings is 5. The molecule has 0 unspecified atom stereocenters. The van der Waals surface area contributed by atoms with Crippen LogP contribution in [0.25, 0.3) is 5.57 Å². The zero-order chi connectivity index (χ0) is 41.7. The van der Waals surface area contributed by atoms with Crippen molar-refractivity contribution >= 4 is 29.0 Å². The molecule has 61 heavy (non-hydrogen) atoms. The lowest BCUT2D eigenvalue weighted by molar-refractivity contribution is -0.144. The molecule has 0 aromatic heterocycles. The second kappa shape index (κ2) is 15.9. The Morgan fingerprint density at radius 1 is 0.705 bits per heavy atom. The molecule has 8 nitrogen and oxygen atoms in total. The molecule has 0 radical (unpaired) electrons. The van der Waals surface area contributed by atoms with Crippen LogP contribution in [0.1, 0.15) is 59.4 Å². The van der Waals surface area contributed by atoms with Crippen LogP contribution in [0.4, 0.5) is 0 Å². The Balaban J connectivity index is 1.05. The normalized spacial score (nSPS) is 26.6. The minimum absolute atomic E-state index is 0.0657. The highest BCUT2D eigenvalue weighted by Gasteiger charge is 2.66. The first-order chi connectivity index (χ1) is 29.8. The highest BCUT2D eigenvalue weighted by molar-refractivity contribution is 6.31. The number of amides is 2. The summed E-state index contributed by atoms with van der Waals surface area (Å²) in [5, 5.41) is 12.1. The average Bonchev–Trinajstić information content (AvgIpc) is 3.56. The molecule has 5 aromatic rings. The lowest BCUT2D eigenvalue weighted by Crippen LogP contribution is -2.58. The molecule has 6 atom stereocenters. The van der Waals surface area contributed by atoms with E-state index in [9.17, 15) is 14.7 Å². The summed E-state index contributed by atoms with van der Waals surface area (Å²) < 4.78 is 6.13. The van der Waals surface area contributed by atoms with E-state index in [0.29, 0.717) is 53.9 Å². The molecule has 3 fully saturated rings. The van der Waals surface area contributed by atoms with Crippen molar-refractivity contribution < 1.29 is 29.0 Å². The van der Waals surface area contributed by atoms with Gasteiger partial charge in [0.25, 0.3) is 0 Å². The number of hydrogen-bond acceptors (Lipinski definition) is 7. The van der Waals surface area contributed by atoms with Gasteiger partial charge in [-0.2, -0.15) is 0 Å². The third-order valence-corrected chi connectivity index (χ3v) is 14.1. The minimum atomic E-state index is -1.44. The zero-order valence-corrected chi connectivity index (χ0v) is 33.9. The number of carbonyl (C=O) groups is 4. The standard InChI is InChI=1S/C53H48N2O6/c56-46-29-39(61-33-35-15-7-2-8-16-35)21-22-41(46)49-40-23-24-42-48(52(60)55(51(42)59)38-25-27-54(28-26-38)32-34-13-5-1-6-14-34)44(40)30-45-50(58)43(36-17-9-3-10-18-36)31-47(57)53(45,49)37-19-11-4-12-20-37/h1-23,29,31,38,42,44-45,48-49,56H,24-28,30,32-33H2/t42-,44+,45-,48-,49+,53-/m0/s1. The Morgan fingerprint density at radius 2 is 1.34 bits per heavy atom. The van der Waals surface area contributed by atoms with Gasteiger partial charge in [-0.15, -0.1) is 0 Å². The maximum absolute atomic E-state index is 15.4. The minimum Gasteiger partial charge on any atom is -0.508 e. The lowest BCUT2D eigenvalue weighted by atomic mass is 9.44. The van der Waals surface area contributed by atoms with Gasteiger partial charge < -0.3 is 9.84 Å². The van der Waals surface area contributed by atoms with E-state index in [1.807, 2.05) is 115 Å². The van der Waals surface area contributed by atoms with E-state index in [1.54, 1.807) is 17.0 Å². The molecular weight excluding hydrogens is 761 g/mol. The smallest absolute Gasteiger partial charge is 0.233 e. The van der Waals surface area contributed by atoms with Gasteiger partial charge in [0, 0.05) is 54.7 Å². The SMILES string of the molecule is O=C1C(c2ccccc2)=CC(=O)[C@@]2(c3ccccc3)[C@@H](c3ccc(OCc4ccccc4)cc3O)C3=CC[C@@H]4C(=O)N(C5CCN(Cc6ccccc6)CC5)C(=O)[C@@H]4[C@@H]3C[C@@H]12. The number of ketones is 2. The predicted octanol–water partition coefficient (Wildman–Crippen LogP) is 8.46. The van der Waals surface area contributed by atoms with E-state index >= 15 is 9.59 Å². The van der Waals surface area contributed by atoms with Crippen molar-refractivity contribution in [3.05, 3.63) is 185 Å². The number of carbonyl (C=O) groups excluding carboxylic acids is 4. The van der Waals surface area contributed by atoms with Gasteiger partial charge in [0.05, 0.1) is 17.3 Å². The number of likely N-dealkylation sites (tertiary alicyclic amines) is 2. The molecule has 306 valence electrons. The third-order valence-electron chi connectivity index (χ3n) is 14.1. The molecule has 2 aliphatic heterocycles. The number of phenolic OH excluding ortho intramolecular Hbond substituents is 1. The van der Waals surface area contributed by atoms with Gasteiger partial charge in [0.1, 0.15) is 18.1 Å². The summed E-state index contributed by atoms with van der Waals surface area (Å²) in [7, 11) is 0. The van der Waals surface area contributed by atoms with Crippen LogP contribution >= 0.6 is 0 Å². The highest BCUT2D eigenvalue weighted by atomic mass is 16.5. The van der Waals surface area contributed by atoms with Gasteiger partial charge in [-0.1, -0.05) is 139 Å². The van der Waals surface area contributed by atoms with Crippen molar-refractivity contribution in [2.24, 2.45) is 23.7 Å². The summed E-state index contributed by atoms with van der Waals surface area (Å²) in [4.78, 5) is 64.2. The molecule has 3 aliphatic carbocycles. The second-order valence-corrected chi connectivity index (χ2v) is 17.3. The molecule has 1 N–H and O–H groups in total. The van der Waals surface area contributed by atoms with E-state index < -0.39 is 35.0 Å². The van der Waals surface area contributed by atoms with Gasteiger partial charge >= 0.3 is 0 Å². The molecule has 0 bridgehead atoms. The molecule has 2 saturated heterocycles. The largest absolute Gasteiger partial charge is 0.508 e. The van der Waals surface area contributed by atoms with E-state index in [2.05, 4.69) is 23.1 Å². The summed E-state index contributed by atoms with van der Waals surface area (Å²) in [5.74, 6) is -3.79. The molecule has 2 heterocycles. The first-order valence-electron chi connectivity index (χ1n) is 21.6. The Morgan fingerprint density at radius 3 is 2.02 bits per heavy atom.